The second-order valence-electron chi connectivity index (χ2n) is 5.32. The highest BCUT2D eigenvalue weighted by atomic mass is 16.6. The minimum absolute atomic E-state index is 0.112. The average molecular weight is 278 g/mol. The summed E-state index contributed by atoms with van der Waals surface area (Å²) < 4.78 is 0. The highest BCUT2D eigenvalue weighted by Gasteiger charge is 2.24. The molecule has 1 fully saturated rings. The van der Waals surface area contributed by atoms with E-state index in [2.05, 4.69) is 4.90 Å². The molecule has 1 N–H and O–H groups in total. The van der Waals surface area contributed by atoms with E-state index < -0.39 is 5.97 Å². The minimum Gasteiger partial charge on any atom is -0.481 e. The van der Waals surface area contributed by atoms with Crippen molar-refractivity contribution in [1.82, 2.24) is 4.90 Å². The number of nitro groups is 1. The fourth-order valence-electron chi connectivity index (χ4n) is 2.63. The summed E-state index contributed by atoms with van der Waals surface area (Å²) in [5.41, 5.74) is 1.89. The average Bonchev–Trinajstić information content (AvgIpc) is 2.38. The summed E-state index contributed by atoms with van der Waals surface area (Å²) in [6.45, 7) is 3.92. The molecule has 0 radical (unpaired) electrons. The molecule has 0 atom stereocenters. The number of carbonyl (C=O) groups is 1. The molecule has 0 saturated carbocycles. The second kappa shape index (κ2) is 6.00. The molecule has 0 unspecified atom stereocenters. The number of nitrogens with zero attached hydrogens (tertiary/aromatic N) is 2. The van der Waals surface area contributed by atoms with Gasteiger partial charge in [-0.1, -0.05) is 6.07 Å². The molecule has 0 spiro atoms. The summed E-state index contributed by atoms with van der Waals surface area (Å²) in [6.07, 6.45) is 1.28. The number of aliphatic carboxylic acids is 1. The van der Waals surface area contributed by atoms with Crippen molar-refractivity contribution >= 4 is 11.7 Å². The highest BCUT2D eigenvalue weighted by Crippen LogP contribution is 2.22. The van der Waals surface area contributed by atoms with Gasteiger partial charge in [-0.3, -0.25) is 19.8 Å². The Hall–Kier alpha value is -1.95. The van der Waals surface area contributed by atoms with E-state index in [0.29, 0.717) is 19.4 Å². The summed E-state index contributed by atoms with van der Waals surface area (Å²) in [5.74, 6) is -0.978. The van der Waals surface area contributed by atoms with Crippen LogP contribution in [0.5, 0.6) is 0 Å². The van der Waals surface area contributed by atoms with Crippen molar-refractivity contribution in [3.8, 4) is 0 Å². The minimum atomic E-state index is -0.726. The molecule has 1 saturated heterocycles. The Morgan fingerprint density at radius 2 is 2.05 bits per heavy atom. The Morgan fingerprint density at radius 3 is 2.60 bits per heavy atom. The van der Waals surface area contributed by atoms with Gasteiger partial charge >= 0.3 is 5.97 Å². The number of rotatable bonds is 4. The molecule has 1 aliphatic rings. The number of non-ortho nitro benzene ring substituents is 1. The fraction of sp³-hybridized carbons (Fsp3) is 0.500. The first-order valence-corrected chi connectivity index (χ1v) is 6.66. The van der Waals surface area contributed by atoms with E-state index in [0.717, 1.165) is 24.2 Å². The molecule has 108 valence electrons. The van der Waals surface area contributed by atoms with Gasteiger partial charge in [0.15, 0.2) is 0 Å². The second-order valence-corrected chi connectivity index (χ2v) is 5.32. The van der Waals surface area contributed by atoms with Crippen molar-refractivity contribution in [1.29, 1.82) is 0 Å². The van der Waals surface area contributed by atoms with E-state index in [4.69, 9.17) is 5.11 Å². The zero-order valence-electron chi connectivity index (χ0n) is 11.4. The Balaban J connectivity index is 2.01. The number of carboxylic acid groups (broad SMARTS) is 1. The van der Waals surface area contributed by atoms with Crippen LogP contribution in [-0.4, -0.2) is 34.0 Å². The van der Waals surface area contributed by atoms with Gasteiger partial charge in [-0.25, -0.2) is 0 Å². The van der Waals surface area contributed by atoms with Gasteiger partial charge in [-0.2, -0.15) is 0 Å². The van der Waals surface area contributed by atoms with Crippen LogP contribution in [0.1, 0.15) is 24.0 Å². The Labute approximate surface area is 117 Å². The molecule has 6 heteroatoms. The first-order chi connectivity index (χ1) is 9.45. The van der Waals surface area contributed by atoms with Crippen LogP contribution in [0.25, 0.3) is 0 Å². The lowest BCUT2D eigenvalue weighted by Crippen LogP contribution is -2.35. The van der Waals surface area contributed by atoms with Crippen LogP contribution in [0, 0.1) is 23.0 Å². The summed E-state index contributed by atoms with van der Waals surface area (Å²) in [5, 5.41) is 19.8. The molecule has 2 rings (SSSR count). The van der Waals surface area contributed by atoms with Crippen molar-refractivity contribution in [3.63, 3.8) is 0 Å². The lowest BCUT2D eigenvalue weighted by Gasteiger charge is -2.30. The van der Waals surface area contributed by atoms with Gasteiger partial charge < -0.3 is 5.11 Å². The van der Waals surface area contributed by atoms with Gasteiger partial charge in [0, 0.05) is 18.7 Å². The summed E-state index contributed by atoms with van der Waals surface area (Å²) in [7, 11) is 0. The highest BCUT2D eigenvalue weighted by molar-refractivity contribution is 5.70. The molecule has 0 bridgehead atoms. The van der Waals surface area contributed by atoms with Gasteiger partial charge in [0.1, 0.15) is 0 Å². The SMILES string of the molecule is Cc1cc(CN2CCC(C(=O)O)CC2)cc([N+](=O)[O-])c1. The monoisotopic (exact) mass is 278 g/mol. The summed E-state index contributed by atoms with van der Waals surface area (Å²) in [4.78, 5) is 23.5. The first-order valence-electron chi connectivity index (χ1n) is 6.66. The molecule has 0 amide bonds. The Kier molecular flexibility index (Phi) is 4.34. The Morgan fingerprint density at radius 1 is 1.40 bits per heavy atom. The van der Waals surface area contributed by atoms with Crippen molar-refractivity contribution in [2.24, 2.45) is 5.92 Å². The van der Waals surface area contributed by atoms with Crippen molar-refractivity contribution in [3.05, 3.63) is 39.4 Å². The van der Waals surface area contributed by atoms with E-state index in [-0.39, 0.29) is 16.5 Å². The lowest BCUT2D eigenvalue weighted by molar-refractivity contribution is -0.385. The maximum absolute atomic E-state index is 10.9. The molecule has 20 heavy (non-hydrogen) atoms. The first kappa shape index (κ1) is 14.5. The molecule has 1 aliphatic heterocycles. The predicted octanol–water partition coefficient (Wildman–Crippen LogP) is 2.20. The third-order valence-corrected chi connectivity index (χ3v) is 3.68. The van der Waals surface area contributed by atoms with Gasteiger partial charge in [-0.15, -0.1) is 0 Å². The molecule has 1 aromatic carbocycles. The molecule has 0 aromatic heterocycles. The van der Waals surface area contributed by atoms with Crippen LogP contribution in [0.3, 0.4) is 0 Å². The zero-order valence-corrected chi connectivity index (χ0v) is 11.4. The Bertz CT molecular complexity index is 522. The number of nitro benzene ring substituents is 1. The standard InChI is InChI=1S/C14H18N2O4/c1-10-6-11(8-13(7-10)16(19)20)9-15-4-2-12(3-5-15)14(17)18/h6-8,12H,2-5,9H2,1H3,(H,17,18). The van der Waals surface area contributed by atoms with E-state index in [1.807, 2.05) is 13.0 Å². The van der Waals surface area contributed by atoms with Crippen LogP contribution >= 0.6 is 0 Å². The number of aryl methyl sites for hydroxylation is 1. The van der Waals surface area contributed by atoms with Gasteiger partial charge in [0.2, 0.25) is 0 Å². The topological polar surface area (TPSA) is 83.7 Å². The molecular formula is C14H18N2O4. The molecule has 1 aromatic rings. The molecule has 1 heterocycles. The van der Waals surface area contributed by atoms with Crippen LogP contribution in [0.2, 0.25) is 0 Å². The van der Waals surface area contributed by atoms with Crippen LogP contribution in [0.4, 0.5) is 5.69 Å². The van der Waals surface area contributed by atoms with E-state index in [9.17, 15) is 14.9 Å². The number of piperidine rings is 1. The zero-order chi connectivity index (χ0) is 14.7. The van der Waals surface area contributed by atoms with Gasteiger partial charge in [0.05, 0.1) is 10.8 Å². The van der Waals surface area contributed by atoms with E-state index in [1.165, 1.54) is 0 Å². The predicted molar refractivity (Wildman–Crippen MR) is 73.5 cm³/mol. The third kappa shape index (κ3) is 3.54. The van der Waals surface area contributed by atoms with Gasteiger partial charge in [0.25, 0.3) is 5.69 Å². The van der Waals surface area contributed by atoms with Crippen LogP contribution in [-0.2, 0) is 11.3 Å². The number of carboxylic acids is 1. The maximum atomic E-state index is 10.9. The quantitative estimate of drug-likeness (QED) is 0.674. The number of benzene rings is 1. The van der Waals surface area contributed by atoms with Crippen molar-refractivity contribution in [2.45, 2.75) is 26.3 Å². The third-order valence-electron chi connectivity index (χ3n) is 3.68. The van der Waals surface area contributed by atoms with E-state index >= 15 is 0 Å². The summed E-state index contributed by atoms with van der Waals surface area (Å²) in [6, 6.07) is 5.09. The molecule has 6 nitrogen and oxygen atoms in total. The van der Waals surface area contributed by atoms with Crippen LogP contribution in [0.15, 0.2) is 18.2 Å². The van der Waals surface area contributed by atoms with E-state index in [1.54, 1.807) is 12.1 Å². The number of hydrogen-bond donors (Lipinski definition) is 1. The van der Waals surface area contributed by atoms with Gasteiger partial charge in [-0.05, 0) is 44.0 Å². The number of hydrogen-bond acceptors (Lipinski definition) is 4. The normalized spacial score (nSPS) is 17.1. The molecule has 0 aliphatic carbocycles. The molecular weight excluding hydrogens is 260 g/mol. The smallest absolute Gasteiger partial charge is 0.306 e. The van der Waals surface area contributed by atoms with Crippen molar-refractivity contribution in [2.75, 3.05) is 13.1 Å². The maximum Gasteiger partial charge on any atom is 0.306 e. The summed E-state index contributed by atoms with van der Waals surface area (Å²) >= 11 is 0. The fourth-order valence-corrected chi connectivity index (χ4v) is 2.63. The lowest BCUT2D eigenvalue weighted by atomic mass is 9.96. The van der Waals surface area contributed by atoms with Crippen molar-refractivity contribution < 1.29 is 14.8 Å². The van der Waals surface area contributed by atoms with Crippen LogP contribution < -0.4 is 0 Å². The number of likely N-dealkylation sites (tertiary alicyclic amines) is 1. The largest absolute Gasteiger partial charge is 0.481 e.